The zero-order valence-electron chi connectivity index (χ0n) is 12.1. The second kappa shape index (κ2) is 6.36. The third-order valence-corrected chi connectivity index (χ3v) is 4.72. The highest BCUT2D eigenvalue weighted by molar-refractivity contribution is 5.85. The van der Waals surface area contributed by atoms with Crippen LogP contribution in [-0.2, 0) is 0 Å². The van der Waals surface area contributed by atoms with Crippen LogP contribution in [0, 0.1) is 5.92 Å². The van der Waals surface area contributed by atoms with Crippen molar-refractivity contribution in [1.29, 1.82) is 0 Å². The Kier molecular flexibility index (Phi) is 4.31. The summed E-state index contributed by atoms with van der Waals surface area (Å²) in [5, 5.41) is 2.46. The predicted octanol–water partition coefficient (Wildman–Crippen LogP) is 4.60. The topological polar surface area (TPSA) is 38.9 Å². The van der Waals surface area contributed by atoms with Crippen molar-refractivity contribution < 1.29 is 0 Å². The summed E-state index contributed by atoms with van der Waals surface area (Å²) in [6.45, 7) is 0. The largest absolute Gasteiger partial charge is 0.324 e. The highest BCUT2D eigenvalue weighted by atomic mass is 14.6. The van der Waals surface area contributed by atoms with Crippen molar-refractivity contribution in [3.05, 3.63) is 42.2 Å². The molecule has 0 spiro atoms. The summed E-state index contributed by atoms with van der Waals surface area (Å²) in [5.74, 6) is 0.909. The van der Waals surface area contributed by atoms with E-state index in [1.54, 1.807) is 0 Å². The average molecular weight is 268 g/mol. The number of aromatic nitrogens is 1. The summed E-state index contributed by atoms with van der Waals surface area (Å²) in [4.78, 5) is 4.19. The molecule has 0 aliphatic heterocycles. The van der Waals surface area contributed by atoms with E-state index in [2.05, 4.69) is 29.2 Å². The monoisotopic (exact) mass is 268 g/mol. The van der Waals surface area contributed by atoms with E-state index in [0.717, 1.165) is 12.3 Å². The molecule has 2 nitrogen and oxygen atoms in total. The van der Waals surface area contributed by atoms with Gasteiger partial charge in [0, 0.05) is 23.8 Å². The van der Waals surface area contributed by atoms with Crippen molar-refractivity contribution >= 4 is 10.8 Å². The lowest BCUT2D eigenvalue weighted by molar-refractivity contribution is 0.324. The minimum atomic E-state index is 0.156. The molecule has 2 N–H and O–H groups in total. The van der Waals surface area contributed by atoms with Gasteiger partial charge in [-0.05, 0) is 35.8 Å². The molecular formula is C18H24N2. The molecule has 1 atom stereocenters. The maximum absolute atomic E-state index is 6.46. The molecule has 1 aromatic carbocycles. The second-order valence-electron chi connectivity index (χ2n) is 6.13. The van der Waals surface area contributed by atoms with Gasteiger partial charge in [-0.25, -0.2) is 0 Å². The van der Waals surface area contributed by atoms with Crippen molar-refractivity contribution in [2.45, 2.75) is 51.0 Å². The Hall–Kier alpha value is -1.41. The number of nitrogens with two attached hydrogens (primary N) is 1. The number of hydrogen-bond acceptors (Lipinski definition) is 2. The van der Waals surface area contributed by atoms with Gasteiger partial charge in [-0.3, -0.25) is 4.98 Å². The van der Waals surface area contributed by atoms with Gasteiger partial charge in [-0.15, -0.1) is 0 Å². The lowest BCUT2D eigenvalue weighted by atomic mass is 9.84. The molecule has 1 fully saturated rings. The van der Waals surface area contributed by atoms with E-state index in [1.165, 1.54) is 54.9 Å². The van der Waals surface area contributed by atoms with Gasteiger partial charge in [-0.1, -0.05) is 50.3 Å². The van der Waals surface area contributed by atoms with Crippen LogP contribution in [0.4, 0.5) is 0 Å². The fourth-order valence-corrected chi connectivity index (χ4v) is 3.52. The van der Waals surface area contributed by atoms with Gasteiger partial charge in [0.25, 0.3) is 0 Å². The van der Waals surface area contributed by atoms with E-state index in [-0.39, 0.29) is 6.04 Å². The standard InChI is InChI=1S/C18H24N2/c19-18(10-9-14-5-2-1-3-6-14)17-8-4-7-15-13-20-12-11-16(15)17/h4,7-8,11-14,18H,1-3,5-6,9-10,19H2. The Morgan fingerprint density at radius 2 is 2.00 bits per heavy atom. The number of hydrogen-bond donors (Lipinski definition) is 1. The Balaban J connectivity index is 1.70. The zero-order valence-corrected chi connectivity index (χ0v) is 12.1. The Labute approximate surface area is 121 Å². The Morgan fingerprint density at radius 1 is 1.15 bits per heavy atom. The number of nitrogens with zero attached hydrogens (tertiary/aromatic N) is 1. The first kappa shape index (κ1) is 13.6. The molecule has 1 heterocycles. The zero-order chi connectivity index (χ0) is 13.8. The van der Waals surface area contributed by atoms with Crippen LogP contribution < -0.4 is 5.73 Å². The van der Waals surface area contributed by atoms with Crippen LogP contribution in [0.2, 0.25) is 0 Å². The summed E-state index contributed by atoms with van der Waals surface area (Å²) < 4.78 is 0. The molecule has 1 aliphatic rings. The molecule has 3 rings (SSSR count). The quantitative estimate of drug-likeness (QED) is 0.880. The SMILES string of the molecule is NC(CCC1CCCCC1)c1cccc2cnccc12. The lowest BCUT2D eigenvalue weighted by Gasteiger charge is -2.23. The molecule has 106 valence electrons. The molecule has 2 heteroatoms. The maximum Gasteiger partial charge on any atom is 0.0346 e. The summed E-state index contributed by atoms with van der Waals surface area (Å²) in [5.41, 5.74) is 7.74. The van der Waals surface area contributed by atoms with Gasteiger partial charge >= 0.3 is 0 Å². The molecule has 0 amide bonds. The first-order valence-electron chi connectivity index (χ1n) is 7.93. The van der Waals surface area contributed by atoms with Crippen molar-refractivity contribution in [1.82, 2.24) is 4.98 Å². The molecular weight excluding hydrogens is 244 g/mol. The minimum Gasteiger partial charge on any atom is -0.324 e. The van der Waals surface area contributed by atoms with E-state index in [0.29, 0.717) is 0 Å². The molecule has 2 aromatic rings. The van der Waals surface area contributed by atoms with Crippen molar-refractivity contribution in [3.8, 4) is 0 Å². The maximum atomic E-state index is 6.46. The summed E-state index contributed by atoms with van der Waals surface area (Å²) in [7, 11) is 0. The minimum absolute atomic E-state index is 0.156. The fraction of sp³-hybridized carbons (Fsp3) is 0.500. The van der Waals surface area contributed by atoms with Gasteiger partial charge in [0.1, 0.15) is 0 Å². The van der Waals surface area contributed by atoms with E-state index < -0.39 is 0 Å². The third kappa shape index (κ3) is 3.01. The van der Waals surface area contributed by atoms with Gasteiger partial charge in [0.05, 0.1) is 0 Å². The van der Waals surface area contributed by atoms with Gasteiger partial charge in [-0.2, -0.15) is 0 Å². The predicted molar refractivity (Wildman–Crippen MR) is 84.5 cm³/mol. The van der Waals surface area contributed by atoms with E-state index in [4.69, 9.17) is 5.73 Å². The lowest BCUT2D eigenvalue weighted by Crippen LogP contribution is -2.14. The molecule has 1 unspecified atom stereocenters. The normalized spacial score (nSPS) is 18.2. The van der Waals surface area contributed by atoms with Crippen LogP contribution in [0.3, 0.4) is 0 Å². The first-order valence-corrected chi connectivity index (χ1v) is 7.93. The van der Waals surface area contributed by atoms with Crippen LogP contribution >= 0.6 is 0 Å². The third-order valence-electron chi connectivity index (χ3n) is 4.72. The molecule has 20 heavy (non-hydrogen) atoms. The number of pyridine rings is 1. The Bertz CT molecular complexity index is 553. The molecule has 0 saturated heterocycles. The highest BCUT2D eigenvalue weighted by Gasteiger charge is 2.16. The van der Waals surface area contributed by atoms with Crippen molar-refractivity contribution in [2.24, 2.45) is 11.7 Å². The van der Waals surface area contributed by atoms with Crippen molar-refractivity contribution in [3.63, 3.8) is 0 Å². The summed E-state index contributed by atoms with van der Waals surface area (Å²) >= 11 is 0. The molecule has 0 radical (unpaired) electrons. The van der Waals surface area contributed by atoms with Gasteiger partial charge < -0.3 is 5.73 Å². The molecule has 1 aliphatic carbocycles. The van der Waals surface area contributed by atoms with Crippen LogP contribution in [0.25, 0.3) is 10.8 Å². The van der Waals surface area contributed by atoms with E-state index >= 15 is 0 Å². The van der Waals surface area contributed by atoms with E-state index in [9.17, 15) is 0 Å². The fourth-order valence-electron chi connectivity index (χ4n) is 3.52. The van der Waals surface area contributed by atoms with Crippen LogP contribution in [-0.4, -0.2) is 4.98 Å². The smallest absolute Gasteiger partial charge is 0.0346 e. The second-order valence-corrected chi connectivity index (χ2v) is 6.13. The first-order chi connectivity index (χ1) is 9.84. The molecule has 1 aromatic heterocycles. The summed E-state index contributed by atoms with van der Waals surface area (Å²) in [6, 6.07) is 8.63. The van der Waals surface area contributed by atoms with E-state index in [1.807, 2.05) is 12.4 Å². The average Bonchev–Trinajstić information content (AvgIpc) is 2.53. The van der Waals surface area contributed by atoms with Crippen molar-refractivity contribution in [2.75, 3.05) is 0 Å². The molecule has 1 saturated carbocycles. The number of fused-ring (bicyclic) bond motifs is 1. The van der Waals surface area contributed by atoms with Gasteiger partial charge in [0.2, 0.25) is 0 Å². The van der Waals surface area contributed by atoms with Gasteiger partial charge in [0.15, 0.2) is 0 Å². The van der Waals surface area contributed by atoms with Crippen LogP contribution in [0.5, 0.6) is 0 Å². The number of benzene rings is 1. The summed E-state index contributed by atoms with van der Waals surface area (Å²) in [6.07, 6.45) is 13.2. The highest BCUT2D eigenvalue weighted by Crippen LogP contribution is 2.31. The molecule has 0 bridgehead atoms. The van der Waals surface area contributed by atoms with Crippen LogP contribution in [0.15, 0.2) is 36.7 Å². The Morgan fingerprint density at radius 3 is 2.85 bits per heavy atom. The van der Waals surface area contributed by atoms with Crippen LogP contribution in [0.1, 0.15) is 56.6 Å². The number of rotatable bonds is 4.